The molecule has 0 saturated carbocycles. The second kappa shape index (κ2) is 7.23. The molecular formula is C10H19NO4. The summed E-state index contributed by atoms with van der Waals surface area (Å²) in [6, 6.07) is -0.810. The lowest BCUT2D eigenvalue weighted by molar-refractivity contribution is -0.143. The molecule has 0 saturated heterocycles. The SMILES string of the molecule is CCCC[C@H](NC(=O)C(C)OC)C(=O)O. The summed E-state index contributed by atoms with van der Waals surface area (Å²) in [6.07, 6.45) is 1.51. The van der Waals surface area contributed by atoms with Crippen molar-refractivity contribution in [3.05, 3.63) is 0 Å². The number of carboxylic acids is 1. The molecule has 0 aliphatic carbocycles. The van der Waals surface area contributed by atoms with Gasteiger partial charge >= 0.3 is 5.97 Å². The molecule has 1 unspecified atom stereocenters. The van der Waals surface area contributed by atoms with Gasteiger partial charge in [0.1, 0.15) is 12.1 Å². The van der Waals surface area contributed by atoms with Crippen molar-refractivity contribution in [3.63, 3.8) is 0 Å². The fourth-order valence-corrected chi connectivity index (χ4v) is 1.06. The molecule has 1 amide bonds. The summed E-state index contributed by atoms with van der Waals surface area (Å²) >= 11 is 0. The minimum atomic E-state index is -1.000. The number of carboxylic acid groups (broad SMARTS) is 1. The van der Waals surface area contributed by atoms with Crippen molar-refractivity contribution in [2.75, 3.05) is 7.11 Å². The molecule has 0 fully saturated rings. The van der Waals surface area contributed by atoms with Crippen LogP contribution in [0.15, 0.2) is 0 Å². The Labute approximate surface area is 89.8 Å². The van der Waals surface area contributed by atoms with Crippen LogP contribution in [0.1, 0.15) is 33.1 Å². The Balaban J connectivity index is 4.16. The van der Waals surface area contributed by atoms with Gasteiger partial charge in [-0.05, 0) is 13.3 Å². The molecule has 2 N–H and O–H groups in total. The van der Waals surface area contributed by atoms with Crippen molar-refractivity contribution >= 4 is 11.9 Å². The van der Waals surface area contributed by atoms with Crippen LogP contribution >= 0.6 is 0 Å². The number of carbonyl (C=O) groups excluding carboxylic acids is 1. The van der Waals surface area contributed by atoms with Gasteiger partial charge < -0.3 is 15.2 Å². The smallest absolute Gasteiger partial charge is 0.326 e. The fourth-order valence-electron chi connectivity index (χ4n) is 1.06. The van der Waals surface area contributed by atoms with Gasteiger partial charge in [-0.15, -0.1) is 0 Å². The van der Waals surface area contributed by atoms with Crippen LogP contribution < -0.4 is 5.32 Å². The van der Waals surface area contributed by atoms with E-state index in [0.29, 0.717) is 6.42 Å². The molecule has 88 valence electrons. The maximum Gasteiger partial charge on any atom is 0.326 e. The van der Waals surface area contributed by atoms with Crippen LogP contribution in [0.5, 0.6) is 0 Å². The number of nitrogens with one attached hydrogen (secondary N) is 1. The predicted molar refractivity (Wildman–Crippen MR) is 55.6 cm³/mol. The molecule has 0 heterocycles. The maximum absolute atomic E-state index is 11.4. The summed E-state index contributed by atoms with van der Waals surface area (Å²) in [5.41, 5.74) is 0. The van der Waals surface area contributed by atoms with E-state index in [1.54, 1.807) is 6.92 Å². The Kier molecular flexibility index (Phi) is 6.70. The third-order valence-electron chi connectivity index (χ3n) is 2.18. The highest BCUT2D eigenvalue weighted by Gasteiger charge is 2.21. The number of methoxy groups -OCH3 is 1. The van der Waals surface area contributed by atoms with Gasteiger partial charge in [0.15, 0.2) is 0 Å². The van der Waals surface area contributed by atoms with Crippen molar-refractivity contribution in [1.82, 2.24) is 5.32 Å². The van der Waals surface area contributed by atoms with Gasteiger partial charge in [-0.1, -0.05) is 19.8 Å². The number of rotatable bonds is 7. The molecule has 0 aromatic rings. The molecule has 0 aliphatic rings. The highest BCUT2D eigenvalue weighted by molar-refractivity contribution is 5.85. The largest absolute Gasteiger partial charge is 0.480 e. The molecule has 0 aromatic carbocycles. The van der Waals surface area contributed by atoms with Crippen LogP contribution in [-0.4, -0.2) is 36.2 Å². The van der Waals surface area contributed by atoms with Crippen molar-refractivity contribution in [2.45, 2.75) is 45.3 Å². The minimum Gasteiger partial charge on any atom is -0.480 e. The first-order chi connectivity index (χ1) is 7.02. The average molecular weight is 217 g/mol. The summed E-state index contributed by atoms with van der Waals surface area (Å²) in [7, 11) is 1.41. The molecular weight excluding hydrogens is 198 g/mol. The van der Waals surface area contributed by atoms with E-state index in [1.807, 2.05) is 6.92 Å². The number of aliphatic carboxylic acids is 1. The van der Waals surface area contributed by atoms with Gasteiger partial charge in [-0.2, -0.15) is 0 Å². The Morgan fingerprint density at radius 2 is 2.07 bits per heavy atom. The lowest BCUT2D eigenvalue weighted by Gasteiger charge is -2.16. The van der Waals surface area contributed by atoms with Crippen molar-refractivity contribution < 1.29 is 19.4 Å². The molecule has 5 heteroatoms. The Bertz CT molecular complexity index is 217. The fraction of sp³-hybridized carbons (Fsp3) is 0.800. The third kappa shape index (κ3) is 5.37. The summed E-state index contributed by atoms with van der Waals surface area (Å²) < 4.78 is 4.79. The second-order valence-electron chi connectivity index (χ2n) is 3.42. The van der Waals surface area contributed by atoms with E-state index in [1.165, 1.54) is 7.11 Å². The van der Waals surface area contributed by atoms with E-state index in [2.05, 4.69) is 5.32 Å². The van der Waals surface area contributed by atoms with Crippen LogP contribution in [0.3, 0.4) is 0 Å². The first kappa shape index (κ1) is 13.9. The molecule has 0 aromatic heterocycles. The molecule has 5 nitrogen and oxygen atoms in total. The van der Waals surface area contributed by atoms with E-state index in [4.69, 9.17) is 9.84 Å². The van der Waals surface area contributed by atoms with Gasteiger partial charge in [0.25, 0.3) is 0 Å². The Morgan fingerprint density at radius 3 is 2.47 bits per heavy atom. The van der Waals surface area contributed by atoms with Gasteiger partial charge in [0, 0.05) is 7.11 Å². The Morgan fingerprint density at radius 1 is 1.47 bits per heavy atom. The zero-order chi connectivity index (χ0) is 11.8. The van der Waals surface area contributed by atoms with Crippen molar-refractivity contribution in [2.24, 2.45) is 0 Å². The highest BCUT2D eigenvalue weighted by atomic mass is 16.5. The quantitative estimate of drug-likeness (QED) is 0.660. The van der Waals surface area contributed by atoms with Gasteiger partial charge in [-0.3, -0.25) is 4.79 Å². The number of carbonyl (C=O) groups is 2. The van der Waals surface area contributed by atoms with E-state index in [0.717, 1.165) is 12.8 Å². The lowest BCUT2D eigenvalue weighted by atomic mass is 10.1. The minimum absolute atomic E-state index is 0.388. The zero-order valence-electron chi connectivity index (χ0n) is 9.45. The predicted octanol–water partition coefficient (Wildman–Crippen LogP) is 0.781. The first-order valence-electron chi connectivity index (χ1n) is 5.08. The topological polar surface area (TPSA) is 75.6 Å². The van der Waals surface area contributed by atoms with Crippen molar-refractivity contribution in [3.8, 4) is 0 Å². The van der Waals surface area contributed by atoms with Gasteiger partial charge in [-0.25, -0.2) is 4.79 Å². The average Bonchev–Trinajstić information content (AvgIpc) is 2.22. The summed E-state index contributed by atoms with van der Waals surface area (Å²) in [5.74, 6) is -1.39. The molecule has 2 atom stereocenters. The molecule has 0 bridgehead atoms. The van der Waals surface area contributed by atoms with Crippen LogP contribution in [0.4, 0.5) is 0 Å². The summed E-state index contributed by atoms with van der Waals surface area (Å²) in [5, 5.41) is 11.3. The van der Waals surface area contributed by atoms with E-state index < -0.39 is 18.1 Å². The molecule has 15 heavy (non-hydrogen) atoms. The molecule has 0 rings (SSSR count). The highest BCUT2D eigenvalue weighted by Crippen LogP contribution is 2.01. The number of hydrogen-bond acceptors (Lipinski definition) is 3. The van der Waals surface area contributed by atoms with E-state index >= 15 is 0 Å². The standard InChI is InChI=1S/C10H19NO4/c1-4-5-6-8(10(13)14)11-9(12)7(2)15-3/h7-8H,4-6H2,1-3H3,(H,11,12)(H,13,14)/t7?,8-/m0/s1. The van der Waals surface area contributed by atoms with Crippen molar-refractivity contribution in [1.29, 1.82) is 0 Å². The van der Waals surface area contributed by atoms with Crippen LogP contribution in [0.2, 0.25) is 0 Å². The zero-order valence-corrected chi connectivity index (χ0v) is 9.45. The van der Waals surface area contributed by atoms with Gasteiger partial charge in [0.05, 0.1) is 0 Å². The monoisotopic (exact) mass is 217 g/mol. The Hall–Kier alpha value is -1.10. The summed E-state index contributed by atoms with van der Waals surface area (Å²) in [4.78, 5) is 22.1. The number of ether oxygens (including phenoxy) is 1. The van der Waals surface area contributed by atoms with E-state index in [-0.39, 0.29) is 5.91 Å². The molecule has 0 spiro atoms. The lowest BCUT2D eigenvalue weighted by Crippen LogP contribution is -2.45. The van der Waals surface area contributed by atoms with Crippen LogP contribution in [-0.2, 0) is 14.3 Å². The first-order valence-corrected chi connectivity index (χ1v) is 5.08. The van der Waals surface area contributed by atoms with Crippen LogP contribution in [0.25, 0.3) is 0 Å². The normalized spacial score (nSPS) is 14.3. The number of hydrogen-bond donors (Lipinski definition) is 2. The maximum atomic E-state index is 11.4. The van der Waals surface area contributed by atoms with Gasteiger partial charge in [0.2, 0.25) is 5.91 Å². The molecule has 0 aliphatic heterocycles. The number of unbranched alkanes of at least 4 members (excludes halogenated alkanes) is 1. The molecule has 0 radical (unpaired) electrons. The number of amides is 1. The summed E-state index contributed by atoms with van der Waals surface area (Å²) in [6.45, 7) is 3.55. The van der Waals surface area contributed by atoms with E-state index in [9.17, 15) is 9.59 Å². The third-order valence-corrected chi connectivity index (χ3v) is 2.18. The second-order valence-corrected chi connectivity index (χ2v) is 3.42. The van der Waals surface area contributed by atoms with Crippen LogP contribution in [0, 0.1) is 0 Å².